The van der Waals surface area contributed by atoms with Gasteiger partial charge < -0.3 is 15.4 Å². The number of esters is 1. The van der Waals surface area contributed by atoms with Crippen molar-refractivity contribution >= 4 is 51.2 Å². The molecule has 3 rings (SSSR count). The van der Waals surface area contributed by atoms with Crippen LogP contribution in [0.5, 0.6) is 0 Å². The third kappa shape index (κ3) is 4.55. The Kier molecular flexibility index (Phi) is 6.50. The Balaban J connectivity index is 1.56. The van der Waals surface area contributed by atoms with Crippen LogP contribution in [0.4, 0.5) is 5.00 Å². The number of thiophene rings is 1. The standard InChI is InChI=1S/C17H21ClN4O2S2/c1-24-16(23)14-12-5-2-3-6-13(12)26-15(14)21-17(25)19-7-4-8-22-10-11(18)9-20-22/h9-10H,2-8H2,1H3,(H2,19,21,25). The number of fused-ring (bicyclic) bond motifs is 1. The van der Waals surface area contributed by atoms with Crippen molar-refractivity contribution in [1.82, 2.24) is 15.1 Å². The highest BCUT2D eigenvalue weighted by atomic mass is 35.5. The predicted molar refractivity (Wildman–Crippen MR) is 108 cm³/mol. The van der Waals surface area contributed by atoms with Gasteiger partial charge in [0, 0.05) is 24.2 Å². The Morgan fingerprint density at radius 2 is 2.27 bits per heavy atom. The Labute approximate surface area is 166 Å². The van der Waals surface area contributed by atoms with Gasteiger partial charge in [-0.1, -0.05) is 11.6 Å². The molecule has 6 nitrogen and oxygen atoms in total. The lowest BCUT2D eigenvalue weighted by atomic mass is 9.95. The van der Waals surface area contributed by atoms with Gasteiger partial charge in [-0.15, -0.1) is 11.3 Å². The van der Waals surface area contributed by atoms with E-state index in [9.17, 15) is 4.79 Å². The Morgan fingerprint density at radius 1 is 1.46 bits per heavy atom. The number of methoxy groups -OCH3 is 1. The molecule has 2 heterocycles. The molecular weight excluding hydrogens is 392 g/mol. The fraction of sp³-hybridized carbons (Fsp3) is 0.471. The number of anilines is 1. The van der Waals surface area contributed by atoms with Crippen LogP contribution >= 0.6 is 35.2 Å². The Hall–Kier alpha value is -1.64. The molecule has 0 aliphatic heterocycles. The molecular formula is C17H21ClN4O2S2. The molecule has 0 fully saturated rings. The first-order valence-electron chi connectivity index (χ1n) is 8.54. The highest BCUT2D eigenvalue weighted by Crippen LogP contribution is 2.38. The lowest BCUT2D eigenvalue weighted by Crippen LogP contribution is -2.30. The Morgan fingerprint density at radius 3 is 3.00 bits per heavy atom. The van der Waals surface area contributed by atoms with Crippen molar-refractivity contribution in [1.29, 1.82) is 0 Å². The van der Waals surface area contributed by atoms with Crippen molar-refractivity contribution in [3.8, 4) is 0 Å². The molecule has 0 amide bonds. The quantitative estimate of drug-likeness (QED) is 0.429. The molecule has 1 aliphatic carbocycles. The minimum absolute atomic E-state index is 0.301. The number of aryl methyl sites for hydroxylation is 2. The van der Waals surface area contributed by atoms with Crippen molar-refractivity contribution < 1.29 is 9.53 Å². The van der Waals surface area contributed by atoms with Crippen LogP contribution in [0.25, 0.3) is 0 Å². The van der Waals surface area contributed by atoms with Crippen LogP contribution in [0.15, 0.2) is 12.4 Å². The van der Waals surface area contributed by atoms with Crippen LogP contribution in [0.1, 0.15) is 40.1 Å². The first kappa shape index (κ1) is 19.1. The molecule has 0 radical (unpaired) electrons. The molecule has 0 saturated heterocycles. The normalized spacial score (nSPS) is 13.2. The van der Waals surface area contributed by atoms with Crippen LogP contribution in [0.3, 0.4) is 0 Å². The molecule has 9 heteroatoms. The maximum Gasteiger partial charge on any atom is 0.341 e. The van der Waals surface area contributed by atoms with Gasteiger partial charge in [0.2, 0.25) is 0 Å². The van der Waals surface area contributed by atoms with E-state index >= 15 is 0 Å². The van der Waals surface area contributed by atoms with Crippen molar-refractivity contribution in [2.24, 2.45) is 0 Å². The van der Waals surface area contributed by atoms with Crippen LogP contribution in [0.2, 0.25) is 5.02 Å². The molecule has 0 unspecified atom stereocenters. The second kappa shape index (κ2) is 8.83. The molecule has 1 aliphatic rings. The third-order valence-corrected chi connectivity index (χ3v) is 5.89. The summed E-state index contributed by atoms with van der Waals surface area (Å²) in [6, 6.07) is 0. The molecule has 140 valence electrons. The number of nitrogens with zero attached hydrogens (tertiary/aromatic N) is 2. The minimum Gasteiger partial charge on any atom is -0.465 e. The molecule has 0 atom stereocenters. The monoisotopic (exact) mass is 412 g/mol. The van der Waals surface area contributed by atoms with Crippen LogP contribution in [-0.4, -0.2) is 34.5 Å². The highest BCUT2D eigenvalue weighted by Gasteiger charge is 2.26. The number of hydrogen-bond acceptors (Lipinski definition) is 5. The topological polar surface area (TPSA) is 68.2 Å². The van der Waals surface area contributed by atoms with Gasteiger partial charge >= 0.3 is 5.97 Å². The summed E-state index contributed by atoms with van der Waals surface area (Å²) in [5.41, 5.74) is 1.76. The molecule has 0 bridgehead atoms. The molecule has 0 spiro atoms. The van der Waals surface area contributed by atoms with Gasteiger partial charge in [-0.05, 0) is 49.9 Å². The number of hydrogen-bond donors (Lipinski definition) is 2. The number of rotatable bonds is 6. The first-order chi connectivity index (χ1) is 12.6. The second-order valence-corrected chi connectivity index (χ2v) is 8.01. The molecule has 2 aromatic heterocycles. The van der Waals surface area contributed by atoms with Gasteiger partial charge in [0.25, 0.3) is 0 Å². The van der Waals surface area contributed by atoms with E-state index in [0.29, 0.717) is 22.2 Å². The number of carbonyl (C=O) groups excluding carboxylic acids is 1. The van der Waals surface area contributed by atoms with E-state index in [0.717, 1.165) is 49.2 Å². The van der Waals surface area contributed by atoms with Gasteiger partial charge in [-0.2, -0.15) is 5.10 Å². The zero-order valence-corrected chi connectivity index (χ0v) is 16.9. The number of halogens is 1. The van der Waals surface area contributed by atoms with Crippen LogP contribution in [-0.2, 0) is 24.1 Å². The van der Waals surface area contributed by atoms with Crippen molar-refractivity contribution in [3.05, 3.63) is 33.4 Å². The summed E-state index contributed by atoms with van der Waals surface area (Å²) in [7, 11) is 1.41. The number of nitrogens with one attached hydrogen (secondary N) is 2. The summed E-state index contributed by atoms with van der Waals surface area (Å²) in [6.07, 6.45) is 8.46. The van der Waals surface area contributed by atoms with E-state index in [1.54, 1.807) is 28.4 Å². The van der Waals surface area contributed by atoms with Gasteiger partial charge in [0.1, 0.15) is 5.00 Å². The number of carbonyl (C=O) groups is 1. The Bertz CT molecular complexity index is 803. The first-order valence-corrected chi connectivity index (χ1v) is 10.1. The van der Waals surface area contributed by atoms with Gasteiger partial charge in [-0.3, -0.25) is 4.68 Å². The fourth-order valence-electron chi connectivity index (χ4n) is 3.02. The molecule has 0 aromatic carbocycles. The van der Waals surface area contributed by atoms with Gasteiger partial charge in [0.15, 0.2) is 5.11 Å². The zero-order valence-electron chi connectivity index (χ0n) is 14.5. The summed E-state index contributed by atoms with van der Waals surface area (Å²) in [6.45, 7) is 1.45. The summed E-state index contributed by atoms with van der Waals surface area (Å²) in [5, 5.41) is 12.4. The van der Waals surface area contributed by atoms with E-state index in [-0.39, 0.29) is 5.97 Å². The summed E-state index contributed by atoms with van der Waals surface area (Å²) >= 11 is 12.8. The van der Waals surface area contributed by atoms with E-state index in [1.807, 2.05) is 0 Å². The molecule has 26 heavy (non-hydrogen) atoms. The third-order valence-electron chi connectivity index (χ3n) is 4.24. The summed E-state index contributed by atoms with van der Waals surface area (Å²) < 4.78 is 6.77. The maximum atomic E-state index is 12.2. The average Bonchev–Trinajstić information content (AvgIpc) is 3.21. The van der Waals surface area contributed by atoms with E-state index in [1.165, 1.54) is 12.0 Å². The predicted octanol–water partition coefficient (Wildman–Crippen LogP) is 3.64. The van der Waals surface area contributed by atoms with Gasteiger partial charge in [-0.25, -0.2) is 4.79 Å². The zero-order chi connectivity index (χ0) is 18.5. The van der Waals surface area contributed by atoms with Crippen LogP contribution < -0.4 is 10.6 Å². The minimum atomic E-state index is -0.301. The van der Waals surface area contributed by atoms with E-state index in [4.69, 9.17) is 28.6 Å². The highest BCUT2D eigenvalue weighted by molar-refractivity contribution is 7.80. The number of ether oxygens (including phenoxy) is 1. The largest absolute Gasteiger partial charge is 0.465 e. The SMILES string of the molecule is COC(=O)c1c(NC(=S)NCCCn2cc(Cl)cn2)sc2c1CCCC2. The van der Waals surface area contributed by atoms with E-state index in [2.05, 4.69) is 15.7 Å². The molecule has 2 aromatic rings. The summed E-state index contributed by atoms with van der Waals surface area (Å²) in [4.78, 5) is 13.5. The maximum absolute atomic E-state index is 12.2. The molecule has 2 N–H and O–H groups in total. The van der Waals surface area contributed by atoms with Crippen LogP contribution in [0, 0.1) is 0 Å². The number of aromatic nitrogens is 2. The molecule has 0 saturated carbocycles. The van der Waals surface area contributed by atoms with E-state index < -0.39 is 0 Å². The smallest absolute Gasteiger partial charge is 0.341 e. The second-order valence-electron chi connectivity index (χ2n) is 6.06. The van der Waals surface area contributed by atoms with Crippen molar-refractivity contribution in [3.63, 3.8) is 0 Å². The fourth-order valence-corrected chi connectivity index (χ4v) is 4.73. The average molecular weight is 413 g/mol. The van der Waals surface area contributed by atoms with Crippen molar-refractivity contribution in [2.45, 2.75) is 38.6 Å². The van der Waals surface area contributed by atoms with Crippen molar-refractivity contribution in [2.75, 3.05) is 19.0 Å². The van der Waals surface area contributed by atoms with Gasteiger partial charge in [0.05, 0.1) is 23.9 Å². The lowest BCUT2D eigenvalue weighted by Gasteiger charge is -2.12. The lowest BCUT2D eigenvalue weighted by molar-refractivity contribution is 0.0601. The number of thiocarbonyl (C=S) groups is 1. The summed E-state index contributed by atoms with van der Waals surface area (Å²) in [5.74, 6) is -0.301.